The van der Waals surface area contributed by atoms with E-state index in [1.54, 1.807) is 0 Å². The van der Waals surface area contributed by atoms with Gasteiger partial charge in [-0.2, -0.15) is 8.42 Å². The summed E-state index contributed by atoms with van der Waals surface area (Å²) in [4.78, 5) is 22.2. The van der Waals surface area contributed by atoms with Crippen molar-refractivity contribution in [3.63, 3.8) is 0 Å². The first-order chi connectivity index (χ1) is 12.3. The van der Waals surface area contributed by atoms with Crippen LogP contribution in [0.15, 0.2) is 0 Å². The van der Waals surface area contributed by atoms with Crippen molar-refractivity contribution in [3.05, 3.63) is 0 Å². The van der Waals surface area contributed by atoms with Crippen LogP contribution in [0.5, 0.6) is 0 Å². The molecule has 158 valence electrons. The molecule has 0 aliphatic heterocycles. The molecule has 7 nitrogen and oxygen atoms in total. The van der Waals surface area contributed by atoms with E-state index in [0.717, 1.165) is 19.3 Å². The van der Waals surface area contributed by atoms with E-state index >= 15 is 0 Å². The molecule has 0 aromatic rings. The summed E-state index contributed by atoms with van der Waals surface area (Å²) < 4.78 is 35.8. The van der Waals surface area contributed by atoms with Crippen LogP contribution in [0.2, 0.25) is 0 Å². The predicted octanol–water partition coefficient (Wildman–Crippen LogP) is 2.66. The Morgan fingerprint density at radius 1 is 0.821 bits per heavy atom. The second kappa shape index (κ2) is 22.3. The molecule has 0 fully saturated rings. The van der Waals surface area contributed by atoms with Gasteiger partial charge in [-0.05, 0) is 6.42 Å². The molecule has 0 radical (unpaired) electrons. The zero-order chi connectivity index (χ0) is 19.8. The number of esters is 1. The SMILES string of the molecule is CCCCCCCCCCCCCCOC(=O)C(CC(=O)O)S(=O)(=O)O.[KH].[KH]. The van der Waals surface area contributed by atoms with E-state index in [0.29, 0.717) is 6.42 Å². The summed E-state index contributed by atoms with van der Waals surface area (Å²) in [5.74, 6) is -2.70. The standard InChI is InChI=1S/C18H34O7S.2K.2H/c1-2-3-4-5-6-7-8-9-10-11-12-13-14-25-18(21)16(15-17(19)20)26(22,23)24;;;;/h16H,2-15H2,1H3,(H,19,20)(H,22,23,24);;;;. The maximum atomic E-state index is 11.6. The van der Waals surface area contributed by atoms with Crippen molar-refractivity contribution < 1.29 is 32.4 Å². The fourth-order valence-electron chi connectivity index (χ4n) is 2.68. The average molecular weight is 475 g/mol. The van der Waals surface area contributed by atoms with Crippen LogP contribution >= 0.6 is 0 Å². The Kier molecular flexibility index (Phi) is 27.7. The van der Waals surface area contributed by atoms with Crippen molar-refractivity contribution in [2.24, 2.45) is 0 Å². The summed E-state index contributed by atoms with van der Waals surface area (Å²) in [6.07, 6.45) is 12.9. The summed E-state index contributed by atoms with van der Waals surface area (Å²) in [5, 5.41) is 6.54. The molecular weight excluding hydrogens is 438 g/mol. The fraction of sp³-hybridized carbons (Fsp3) is 0.889. The number of aliphatic carboxylic acids is 1. The molecular formula is C18H36K2O7S. The number of carboxylic acids is 1. The Hall–Kier alpha value is 2.12. The number of hydrogen-bond acceptors (Lipinski definition) is 5. The van der Waals surface area contributed by atoms with E-state index in [-0.39, 0.29) is 109 Å². The van der Waals surface area contributed by atoms with Crippen LogP contribution in [0.25, 0.3) is 0 Å². The van der Waals surface area contributed by atoms with Gasteiger partial charge in [0.15, 0.2) is 5.25 Å². The van der Waals surface area contributed by atoms with Crippen molar-refractivity contribution in [1.82, 2.24) is 0 Å². The van der Waals surface area contributed by atoms with E-state index in [9.17, 15) is 18.0 Å². The third-order valence-electron chi connectivity index (χ3n) is 4.22. The van der Waals surface area contributed by atoms with Gasteiger partial charge in [-0.25, -0.2) is 0 Å². The molecule has 0 bridgehead atoms. The Balaban J connectivity index is -0.00000312. The molecule has 0 heterocycles. The zero-order valence-electron chi connectivity index (χ0n) is 15.8. The molecule has 0 aliphatic rings. The van der Waals surface area contributed by atoms with E-state index < -0.39 is 33.7 Å². The minimum atomic E-state index is -4.78. The molecule has 0 aromatic heterocycles. The Morgan fingerprint density at radius 2 is 1.21 bits per heavy atom. The van der Waals surface area contributed by atoms with Gasteiger partial charge in [0.05, 0.1) is 13.0 Å². The normalized spacial score (nSPS) is 11.8. The average Bonchev–Trinajstić information content (AvgIpc) is 2.55. The van der Waals surface area contributed by atoms with Crippen LogP contribution in [-0.2, 0) is 24.4 Å². The molecule has 0 spiro atoms. The van der Waals surface area contributed by atoms with Crippen molar-refractivity contribution in [1.29, 1.82) is 0 Å². The number of carbonyl (C=O) groups is 2. The molecule has 0 rings (SSSR count). The molecule has 10 heteroatoms. The molecule has 0 saturated heterocycles. The van der Waals surface area contributed by atoms with Gasteiger partial charge in [0.1, 0.15) is 0 Å². The molecule has 28 heavy (non-hydrogen) atoms. The minimum absolute atomic E-state index is 0. The predicted molar refractivity (Wildman–Crippen MR) is 114 cm³/mol. The van der Waals surface area contributed by atoms with E-state index in [4.69, 9.17) is 14.4 Å². The molecule has 0 aromatic carbocycles. The van der Waals surface area contributed by atoms with Crippen LogP contribution in [0.3, 0.4) is 0 Å². The van der Waals surface area contributed by atoms with Gasteiger partial charge in [0.25, 0.3) is 10.1 Å². The molecule has 0 saturated carbocycles. The van der Waals surface area contributed by atoms with Gasteiger partial charge in [0, 0.05) is 0 Å². The van der Waals surface area contributed by atoms with Crippen molar-refractivity contribution >= 4 is 125 Å². The Labute approximate surface area is 255 Å². The molecule has 1 atom stereocenters. The van der Waals surface area contributed by atoms with Crippen LogP contribution in [0.1, 0.15) is 90.4 Å². The molecule has 1 unspecified atom stereocenters. The number of carboxylic acid groups (broad SMARTS) is 1. The summed E-state index contributed by atoms with van der Waals surface area (Å²) in [5.41, 5.74) is 0. The number of rotatable bonds is 17. The van der Waals surface area contributed by atoms with Gasteiger partial charge in [0.2, 0.25) is 0 Å². The number of carbonyl (C=O) groups excluding carboxylic acids is 1. The van der Waals surface area contributed by atoms with Crippen LogP contribution in [0, 0.1) is 0 Å². The zero-order valence-corrected chi connectivity index (χ0v) is 16.6. The first kappa shape index (κ1) is 34.7. The van der Waals surface area contributed by atoms with Gasteiger partial charge >= 0.3 is 115 Å². The molecule has 0 aliphatic carbocycles. The van der Waals surface area contributed by atoms with Crippen LogP contribution in [0.4, 0.5) is 0 Å². The van der Waals surface area contributed by atoms with Gasteiger partial charge in [-0.15, -0.1) is 0 Å². The van der Waals surface area contributed by atoms with Crippen molar-refractivity contribution in [2.45, 2.75) is 95.6 Å². The first-order valence-electron chi connectivity index (χ1n) is 9.63. The van der Waals surface area contributed by atoms with Gasteiger partial charge in [-0.1, -0.05) is 77.6 Å². The summed E-state index contributed by atoms with van der Waals surface area (Å²) in [7, 11) is -4.78. The number of unbranched alkanes of at least 4 members (excludes halogenated alkanes) is 11. The Bertz CT molecular complexity index is 498. The van der Waals surface area contributed by atoms with Crippen LogP contribution < -0.4 is 0 Å². The van der Waals surface area contributed by atoms with Crippen molar-refractivity contribution in [3.8, 4) is 0 Å². The summed E-state index contributed by atoms with van der Waals surface area (Å²) in [6, 6.07) is 0. The van der Waals surface area contributed by atoms with Gasteiger partial charge < -0.3 is 9.84 Å². The first-order valence-corrected chi connectivity index (χ1v) is 11.1. The van der Waals surface area contributed by atoms with Crippen LogP contribution in [-0.4, -0.2) is 145 Å². The van der Waals surface area contributed by atoms with E-state index in [1.165, 1.54) is 51.4 Å². The molecule has 0 amide bonds. The second-order valence-corrected chi connectivity index (χ2v) is 8.26. The van der Waals surface area contributed by atoms with Crippen molar-refractivity contribution in [2.75, 3.05) is 6.61 Å². The topological polar surface area (TPSA) is 118 Å². The van der Waals surface area contributed by atoms with E-state index in [1.807, 2.05) is 0 Å². The third kappa shape index (κ3) is 21.4. The molecule has 2 N–H and O–H groups in total. The monoisotopic (exact) mass is 474 g/mol. The fourth-order valence-corrected chi connectivity index (χ4v) is 3.34. The maximum absolute atomic E-state index is 11.6. The Morgan fingerprint density at radius 3 is 1.57 bits per heavy atom. The second-order valence-electron chi connectivity index (χ2n) is 6.66. The number of hydrogen-bond donors (Lipinski definition) is 2. The third-order valence-corrected chi connectivity index (χ3v) is 5.30. The van der Waals surface area contributed by atoms with E-state index in [2.05, 4.69) is 6.92 Å². The van der Waals surface area contributed by atoms with Gasteiger partial charge in [-0.3, -0.25) is 14.1 Å². The summed E-state index contributed by atoms with van der Waals surface area (Å²) in [6.45, 7) is 2.24. The summed E-state index contributed by atoms with van der Waals surface area (Å²) >= 11 is 0. The number of ether oxygens (including phenoxy) is 1. The quantitative estimate of drug-likeness (QED) is 0.144.